The van der Waals surface area contributed by atoms with Crippen LogP contribution in [0.5, 0.6) is 0 Å². The number of amides is 1. The third-order valence-electron chi connectivity index (χ3n) is 3.91. The van der Waals surface area contributed by atoms with Gasteiger partial charge < -0.3 is 16.8 Å². The van der Waals surface area contributed by atoms with E-state index >= 15 is 0 Å². The minimum absolute atomic E-state index is 0. The lowest BCUT2D eigenvalue weighted by Gasteiger charge is -2.06. The molecule has 1 amide bonds. The third-order valence-corrected chi connectivity index (χ3v) is 4.70. The lowest BCUT2D eigenvalue weighted by Crippen LogP contribution is -2.21. The predicted octanol–water partition coefficient (Wildman–Crippen LogP) is 4.16. The van der Waals surface area contributed by atoms with E-state index in [1.54, 1.807) is 5.38 Å². The Balaban J connectivity index is 0.00000364. The number of rotatable bonds is 10. The molecule has 8 heteroatoms. The fraction of sp³-hybridized carbons (Fsp3) is 0.421. The maximum atomic E-state index is 12.1. The quantitative estimate of drug-likeness (QED) is 0.311. The molecule has 1 aromatic carbocycles. The van der Waals surface area contributed by atoms with Crippen LogP contribution in [0, 0.1) is 0 Å². The average molecular weight is 410 g/mol. The summed E-state index contributed by atoms with van der Waals surface area (Å²) in [6.07, 6.45) is 7.67. The van der Waals surface area contributed by atoms with Gasteiger partial charge in [-0.05, 0) is 30.5 Å². The van der Waals surface area contributed by atoms with Crippen LogP contribution >= 0.6 is 23.7 Å². The van der Waals surface area contributed by atoms with Gasteiger partial charge in [-0.25, -0.2) is 4.98 Å². The number of thiazole rings is 1. The number of hydrogen-bond acceptors (Lipinski definition) is 4. The number of carbonyl (C=O) groups excluding carboxylic acids is 1. The second-order valence-corrected chi connectivity index (χ2v) is 7.08. The third kappa shape index (κ3) is 8.88. The Hall–Kier alpha value is -2.12. The summed E-state index contributed by atoms with van der Waals surface area (Å²) in [4.78, 5) is 20.2. The predicted molar refractivity (Wildman–Crippen MR) is 116 cm³/mol. The summed E-state index contributed by atoms with van der Waals surface area (Å²) in [5.41, 5.74) is 13.4. The molecular formula is C19H28ClN5OS. The topological polar surface area (TPSA) is 106 Å². The summed E-state index contributed by atoms with van der Waals surface area (Å²) in [6.45, 7) is 2.23. The second-order valence-electron chi connectivity index (χ2n) is 6.24. The highest BCUT2D eigenvalue weighted by atomic mass is 35.5. The van der Waals surface area contributed by atoms with Crippen LogP contribution in [0.2, 0.25) is 0 Å². The largest absolute Gasteiger partial charge is 0.370 e. The van der Waals surface area contributed by atoms with Gasteiger partial charge in [0.1, 0.15) is 0 Å². The van der Waals surface area contributed by atoms with Gasteiger partial charge >= 0.3 is 0 Å². The van der Waals surface area contributed by atoms with Crippen LogP contribution in [-0.2, 0) is 17.6 Å². The highest BCUT2D eigenvalue weighted by Gasteiger charge is 2.08. The molecule has 0 saturated heterocycles. The first-order valence-corrected chi connectivity index (χ1v) is 9.87. The molecule has 2 aromatic rings. The highest BCUT2D eigenvalue weighted by Crippen LogP contribution is 2.19. The van der Waals surface area contributed by atoms with E-state index in [4.69, 9.17) is 11.5 Å². The molecule has 0 fully saturated rings. The van der Waals surface area contributed by atoms with Crippen molar-refractivity contribution in [3.63, 3.8) is 0 Å². The lowest BCUT2D eigenvalue weighted by molar-refractivity contribution is -0.115. The molecule has 0 aliphatic heterocycles. The molecule has 0 radical (unpaired) electrons. The lowest BCUT2D eigenvalue weighted by atomic mass is 10.1. The van der Waals surface area contributed by atoms with Crippen molar-refractivity contribution < 1.29 is 4.79 Å². The van der Waals surface area contributed by atoms with Crippen LogP contribution in [0.15, 0.2) is 34.6 Å². The van der Waals surface area contributed by atoms with Crippen molar-refractivity contribution in [1.29, 1.82) is 0 Å². The van der Waals surface area contributed by atoms with E-state index in [1.807, 2.05) is 12.1 Å². The molecule has 0 aliphatic rings. The van der Waals surface area contributed by atoms with Crippen molar-refractivity contribution in [2.45, 2.75) is 51.9 Å². The Morgan fingerprint density at radius 3 is 2.52 bits per heavy atom. The molecule has 0 unspecified atom stereocenters. The monoisotopic (exact) mass is 409 g/mol. The van der Waals surface area contributed by atoms with E-state index in [0.29, 0.717) is 10.8 Å². The van der Waals surface area contributed by atoms with Crippen LogP contribution in [-0.4, -0.2) is 16.9 Å². The first-order valence-electron chi connectivity index (χ1n) is 8.99. The Bertz CT molecular complexity index is 726. The highest BCUT2D eigenvalue weighted by molar-refractivity contribution is 7.13. The molecule has 0 aliphatic carbocycles. The van der Waals surface area contributed by atoms with Gasteiger partial charge in [0.25, 0.3) is 0 Å². The zero-order chi connectivity index (χ0) is 18.8. The Kier molecular flexibility index (Phi) is 10.4. The van der Waals surface area contributed by atoms with Gasteiger partial charge in [0.2, 0.25) is 11.0 Å². The molecule has 5 N–H and O–H groups in total. The number of aliphatic imine (C=N–C) groups is 1. The average Bonchev–Trinajstić information content (AvgIpc) is 3.02. The van der Waals surface area contributed by atoms with Crippen LogP contribution in [0.4, 0.5) is 10.8 Å². The Morgan fingerprint density at radius 1 is 1.15 bits per heavy atom. The number of guanidine groups is 1. The minimum atomic E-state index is -0.112. The van der Waals surface area contributed by atoms with E-state index in [-0.39, 0.29) is 30.7 Å². The number of nitrogens with zero attached hydrogens (tertiary/aromatic N) is 2. The summed E-state index contributed by atoms with van der Waals surface area (Å²) >= 11 is 1.30. The normalized spacial score (nSPS) is 10.1. The number of unbranched alkanes of at least 4 members (excludes halogenated alkanes) is 4. The molecule has 0 saturated carbocycles. The molecule has 0 bridgehead atoms. The molecule has 6 nitrogen and oxygen atoms in total. The number of nitrogens with one attached hydrogen (secondary N) is 1. The Labute approximate surface area is 170 Å². The van der Waals surface area contributed by atoms with Crippen molar-refractivity contribution >= 4 is 46.4 Å². The van der Waals surface area contributed by atoms with Gasteiger partial charge in [0, 0.05) is 11.1 Å². The van der Waals surface area contributed by atoms with Crippen molar-refractivity contribution in [3.05, 3.63) is 40.9 Å². The van der Waals surface area contributed by atoms with E-state index < -0.39 is 0 Å². The van der Waals surface area contributed by atoms with Gasteiger partial charge in [-0.1, -0.05) is 44.7 Å². The summed E-state index contributed by atoms with van der Waals surface area (Å²) in [6, 6.07) is 8.06. The van der Waals surface area contributed by atoms with Gasteiger partial charge in [0.15, 0.2) is 5.96 Å². The number of aromatic nitrogens is 1. The van der Waals surface area contributed by atoms with E-state index in [1.165, 1.54) is 49.0 Å². The minimum Gasteiger partial charge on any atom is -0.370 e. The molecule has 148 valence electrons. The molecule has 0 atom stereocenters. The second kappa shape index (κ2) is 12.3. The summed E-state index contributed by atoms with van der Waals surface area (Å²) in [5, 5.41) is 5.13. The molecule has 2 rings (SSSR count). The summed E-state index contributed by atoms with van der Waals surface area (Å²) in [5.74, 6) is -0.153. The summed E-state index contributed by atoms with van der Waals surface area (Å²) < 4.78 is 0. The molecule has 1 aromatic heterocycles. The maximum absolute atomic E-state index is 12.1. The van der Waals surface area contributed by atoms with Crippen LogP contribution in [0.25, 0.3) is 0 Å². The standard InChI is InChI=1S/C19H27N5OS.ClH/c1-2-3-4-5-6-7-14-8-10-15(11-9-14)22-17(25)12-16-13-26-19(23-16)24-18(20)21;/h8-11,13H,2-7,12H2,1H3,(H,22,25)(H4,20,21,23,24);1H. The number of anilines is 1. The molecule has 27 heavy (non-hydrogen) atoms. The number of hydrogen-bond donors (Lipinski definition) is 3. The van der Waals surface area contributed by atoms with Crippen molar-refractivity contribution in [3.8, 4) is 0 Å². The summed E-state index contributed by atoms with van der Waals surface area (Å²) in [7, 11) is 0. The molecule has 1 heterocycles. The number of benzene rings is 1. The first kappa shape index (κ1) is 22.9. The van der Waals surface area contributed by atoms with Gasteiger partial charge in [0.05, 0.1) is 12.1 Å². The SMILES string of the molecule is CCCCCCCc1ccc(NC(=O)Cc2csc(N=C(N)N)n2)cc1.Cl. The van der Waals surface area contributed by atoms with Crippen molar-refractivity contribution in [2.75, 3.05) is 5.32 Å². The smallest absolute Gasteiger partial charge is 0.230 e. The van der Waals surface area contributed by atoms with Crippen LogP contribution in [0.1, 0.15) is 50.3 Å². The number of nitrogens with two attached hydrogens (primary N) is 2. The van der Waals surface area contributed by atoms with Gasteiger partial charge in [-0.2, -0.15) is 4.99 Å². The van der Waals surface area contributed by atoms with Crippen LogP contribution in [0.3, 0.4) is 0 Å². The molecular weight excluding hydrogens is 382 g/mol. The van der Waals surface area contributed by atoms with E-state index in [2.05, 4.69) is 34.3 Å². The molecule has 0 spiro atoms. The van der Waals surface area contributed by atoms with Crippen LogP contribution < -0.4 is 16.8 Å². The fourth-order valence-corrected chi connectivity index (χ4v) is 3.30. The number of aryl methyl sites for hydroxylation is 1. The van der Waals surface area contributed by atoms with Crippen molar-refractivity contribution in [1.82, 2.24) is 4.98 Å². The van der Waals surface area contributed by atoms with Crippen molar-refractivity contribution in [2.24, 2.45) is 16.5 Å². The van der Waals surface area contributed by atoms with Gasteiger partial charge in [-0.3, -0.25) is 4.79 Å². The Morgan fingerprint density at radius 2 is 1.85 bits per heavy atom. The number of carbonyl (C=O) groups is 1. The zero-order valence-electron chi connectivity index (χ0n) is 15.6. The van der Waals surface area contributed by atoms with E-state index in [0.717, 1.165) is 12.1 Å². The number of halogens is 1. The zero-order valence-corrected chi connectivity index (χ0v) is 17.2. The maximum Gasteiger partial charge on any atom is 0.230 e. The van der Waals surface area contributed by atoms with E-state index in [9.17, 15) is 4.79 Å². The fourth-order valence-electron chi connectivity index (χ4n) is 2.60. The van der Waals surface area contributed by atoms with Gasteiger partial charge in [-0.15, -0.1) is 23.7 Å². The first-order chi connectivity index (χ1) is 12.6.